The Morgan fingerprint density at radius 1 is 1.45 bits per heavy atom. The summed E-state index contributed by atoms with van der Waals surface area (Å²) in [6, 6.07) is 3.56. The van der Waals surface area contributed by atoms with E-state index in [4.69, 9.17) is 28.5 Å². The molecule has 0 fully saturated rings. The molecule has 0 amide bonds. The molecule has 0 N–H and O–H groups in total. The van der Waals surface area contributed by atoms with E-state index in [1.54, 1.807) is 6.07 Å². The Balaban J connectivity index is 2.98. The maximum Gasteiger partial charge on any atom is 0.0775 e. The molecule has 0 spiro atoms. The molecule has 0 aliphatic heterocycles. The first-order chi connectivity index (χ1) is 5.24. The van der Waals surface area contributed by atoms with Crippen molar-refractivity contribution in [2.24, 2.45) is 0 Å². The minimum absolute atomic E-state index is 0.261. The van der Waals surface area contributed by atoms with Gasteiger partial charge in [0.05, 0.1) is 28.2 Å². The van der Waals surface area contributed by atoms with Crippen LogP contribution in [0.4, 0.5) is 0 Å². The fourth-order valence-electron chi connectivity index (χ4n) is 0.631. The van der Waals surface area contributed by atoms with Gasteiger partial charge in [0.15, 0.2) is 0 Å². The average molecular weight is 187 g/mol. The lowest BCUT2D eigenvalue weighted by Gasteiger charge is -1.95. The second kappa shape index (κ2) is 3.56. The lowest BCUT2D eigenvalue weighted by atomic mass is 10.3. The van der Waals surface area contributed by atoms with Crippen LogP contribution in [0.5, 0.6) is 0 Å². The number of nitrogens with zero attached hydrogens (tertiary/aromatic N) is 2. The van der Waals surface area contributed by atoms with Crippen molar-refractivity contribution in [3.05, 3.63) is 28.0 Å². The Hall–Kier alpha value is -0.780. The van der Waals surface area contributed by atoms with E-state index in [0.717, 1.165) is 0 Å². The number of halogens is 2. The van der Waals surface area contributed by atoms with E-state index < -0.39 is 0 Å². The Bertz CT molecular complexity index is 304. The third-order valence-electron chi connectivity index (χ3n) is 1.13. The summed E-state index contributed by atoms with van der Waals surface area (Å²) < 4.78 is 0. The first-order valence-electron chi connectivity index (χ1n) is 2.91. The van der Waals surface area contributed by atoms with Crippen LogP contribution in [0.3, 0.4) is 0 Å². The van der Waals surface area contributed by atoms with E-state index in [0.29, 0.717) is 15.7 Å². The van der Waals surface area contributed by atoms with Crippen LogP contribution in [0.15, 0.2) is 12.3 Å². The summed E-state index contributed by atoms with van der Waals surface area (Å²) in [6.07, 6.45) is 1.70. The van der Waals surface area contributed by atoms with E-state index in [1.807, 2.05) is 6.07 Å². The Labute approximate surface area is 74.4 Å². The fraction of sp³-hybridized carbons (Fsp3) is 0.143. The zero-order chi connectivity index (χ0) is 8.27. The summed E-state index contributed by atoms with van der Waals surface area (Å²) in [4.78, 5) is 3.89. The molecule has 0 unspecified atom stereocenters. The molecule has 0 aliphatic rings. The molecule has 56 valence electrons. The van der Waals surface area contributed by atoms with Gasteiger partial charge in [0.1, 0.15) is 0 Å². The molecule has 1 aromatic rings. The van der Waals surface area contributed by atoms with E-state index in [-0.39, 0.29) is 6.42 Å². The highest BCUT2D eigenvalue weighted by molar-refractivity contribution is 6.41. The molecule has 1 rings (SSSR count). The van der Waals surface area contributed by atoms with Gasteiger partial charge < -0.3 is 0 Å². The van der Waals surface area contributed by atoms with Crippen LogP contribution in [0.2, 0.25) is 10.0 Å². The molecule has 11 heavy (non-hydrogen) atoms. The van der Waals surface area contributed by atoms with Gasteiger partial charge in [-0.1, -0.05) is 23.2 Å². The smallest absolute Gasteiger partial charge is 0.0775 e. The van der Waals surface area contributed by atoms with Gasteiger partial charge in [-0.3, -0.25) is 4.98 Å². The van der Waals surface area contributed by atoms with Crippen molar-refractivity contribution in [1.29, 1.82) is 5.26 Å². The van der Waals surface area contributed by atoms with Gasteiger partial charge in [-0.25, -0.2) is 0 Å². The quantitative estimate of drug-likeness (QED) is 0.676. The standard InChI is InChI=1S/C7H4Cl2N2/c8-6-3-5(1-2-10)11-4-7(6)9/h3-4H,1H2. The highest BCUT2D eigenvalue weighted by Crippen LogP contribution is 2.20. The fourth-order valence-corrected chi connectivity index (χ4v) is 0.910. The summed E-state index contributed by atoms with van der Waals surface area (Å²) in [7, 11) is 0. The summed E-state index contributed by atoms with van der Waals surface area (Å²) in [5.74, 6) is 0. The summed E-state index contributed by atoms with van der Waals surface area (Å²) in [5.41, 5.74) is 0.641. The van der Waals surface area contributed by atoms with Gasteiger partial charge in [0.25, 0.3) is 0 Å². The zero-order valence-corrected chi connectivity index (χ0v) is 7.02. The van der Waals surface area contributed by atoms with E-state index in [2.05, 4.69) is 4.98 Å². The maximum atomic E-state index is 8.31. The number of hydrogen-bond acceptors (Lipinski definition) is 2. The predicted octanol–water partition coefficient (Wildman–Crippen LogP) is 2.45. The van der Waals surface area contributed by atoms with Crippen LogP contribution >= 0.6 is 23.2 Å². The highest BCUT2D eigenvalue weighted by atomic mass is 35.5. The van der Waals surface area contributed by atoms with Crippen molar-refractivity contribution in [1.82, 2.24) is 4.98 Å². The molecule has 1 aromatic heterocycles. The van der Waals surface area contributed by atoms with Gasteiger partial charge in [-0.2, -0.15) is 5.26 Å². The van der Waals surface area contributed by atoms with Crippen molar-refractivity contribution >= 4 is 23.2 Å². The number of hydrogen-bond donors (Lipinski definition) is 0. The van der Waals surface area contributed by atoms with Gasteiger partial charge in [0, 0.05) is 6.20 Å². The number of pyridine rings is 1. The monoisotopic (exact) mass is 186 g/mol. The molecular weight excluding hydrogens is 183 g/mol. The molecule has 2 nitrogen and oxygen atoms in total. The molecule has 1 heterocycles. The SMILES string of the molecule is N#CCc1cc(Cl)c(Cl)cn1. The molecule has 0 aromatic carbocycles. The van der Waals surface area contributed by atoms with Crippen molar-refractivity contribution in [3.63, 3.8) is 0 Å². The third-order valence-corrected chi connectivity index (χ3v) is 1.84. The Kier molecular flexibility index (Phi) is 2.70. The van der Waals surface area contributed by atoms with Crippen LogP contribution < -0.4 is 0 Å². The van der Waals surface area contributed by atoms with Gasteiger partial charge in [-0.05, 0) is 6.07 Å². The molecule has 0 aliphatic carbocycles. The lowest BCUT2D eigenvalue weighted by molar-refractivity contribution is 1.12. The predicted molar refractivity (Wildman–Crippen MR) is 43.6 cm³/mol. The molecule has 4 heteroatoms. The van der Waals surface area contributed by atoms with Crippen LogP contribution in [0.1, 0.15) is 5.69 Å². The van der Waals surface area contributed by atoms with Gasteiger partial charge in [-0.15, -0.1) is 0 Å². The second-order valence-corrected chi connectivity index (χ2v) is 2.74. The third kappa shape index (κ3) is 2.07. The minimum Gasteiger partial charge on any atom is -0.259 e. The van der Waals surface area contributed by atoms with Crippen LogP contribution in [-0.2, 0) is 6.42 Å². The van der Waals surface area contributed by atoms with Gasteiger partial charge in [0.2, 0.25) is 0 Å². The molecular formula is C7H4Cl2N2. The summed E-state index contributed by atoms with van der Waals surface area (Å²) in [5, 5.41) is 9.16. The Morgan fingerprint density at radius 3 is 2.73 bits per heavy atom. The summed E-state index contributed by atoms with van der Waals surface area (Å²) >= 11 is 11.3. The number of aromatic nitrogens is 1. The number of nitriles is 1. The van der Waals surface area contributed by atoms with Crippen LogP contribution in [0.25, 0.3) is 0 Å². The normalized spacial score (nSPS) is 9.18. The van der Waals surface area contributed by atoms with Crippen molar-refractivity contribution < 1.29 is 0 Å². The van der Waals surface area contributed by atoms with Crippen LogP contribution in [0, 0.1) is 11.3 Å². The molecule has 0 saturated carbocycles. The molecule has 0 bridgehead atoms. The van der Waals surface area contributed by atoms with E-state index >= 15 is 0 Å². The molecule has 0 saturated heterocycles. The maximum absolute atomic E-state index is 8.31. The number of rotatable bonds is 1. The van der Waals surface area contributed by atoms with Gasteiger partial charge >= 0.3 is 0 Å². The highest BCUT2D eigenvalue weighted by Gasteiger charge is 1.99. The second-order valence-electron chi connectivity index (χ2n) is 1.92. The van der Waals surface area contributed by atoms with E-state index in [9.17, 15) is 0 Å². The van der Waals surface area contributed by atoms with Crippen molar-refractivity contribution in [2.75, 3.05) is 0 Å². The minimum atomic E-state index is 0.261. The lowest BCUT2D eigenvalue weighted by Crippen LogP contribution is -1.86. The largest absolute Gasteiger partial charge is 0.259 e. The first-order valence-corrected chi connectivity index (χ1v) is 3.66. The van der Waals surface area contributed by atoms with Crippen LogP contribution in [-0.4, -0.2) is 4.98 Å². The molecule has 0 radical (unpaired) electrons. The first kappa shape index (κ1) is 8.32. The average Bonchev–Trinajstić information content (AvgIpc) is 1.98. The summed E-state index contributed by atoms with van der Waals surface area (Å²) in [6.45, 7) is 0. The van der Waals surface area contributed by atoms with Crippen molar-refractivity contribution in [2.45, 2.75) is 6.42 Å². The van der Waals surface area contributed by atoms with Crippen molar-refractivity contribution in [3.8, 4) is 6.07 Å². The Morgan fingerprint density at radius 2 is 2.18 bits per heavy atom. The topological polar surface area (TPSA) is 36.7 Å². The zero-order valence-electron chi connectivity index (χ0n) is 5.51. The van der Waals surface area contributed by atoms with E-state index in [1.165, 1.54) is 6.20 Å². The molecule has 0 atom stereocenters.